The lowest BCUT2D eigenvalue weighted by molar-refractivity contribution is -0.139. The number of fused-ring (bicyclic) bond motifs is 3. The Hall–Kier alpha value is -3.08. The maximum Gasteiger partial charge on any atom is 0.407 e. The van der Waals surface area contributed by atoms with Gasteiger partial charge in [-0.3, -0.25) is 0 Å². The van der Waals surface area contributed by atoms with Crippen LogP contribution in [-0.2, 0) is 9.53 Å². The normalized spacial score (nSPS) is 13.6. The van der Waals surface area contributed by atoms with Crippen molar-refractivity contribution in [1.82, 2.24) is 5.32 Å². The van der Waals surface area contributed by atoms with Gasteiger partial charge in [-0.05, 0) is 48.4 Å². The number of alkyl carbamates (subject to hydrolysis) is 1. The van der Waals surface area contributed by atoms with E-state index in [2.05, 4.69) is 35.7 Å². The summed E-state index contributed by atoms with van der Waals surface area (Å²) in [5, 5.41) is 11.9. The zero-order valence-corrected chi connectivity index (χ0v) is 17.3. The SMILES string of the molecule is C/C=C/CCCCC[C@H](NC(=O)OCC1c2ccccc2-c2ccccc21)C(=O)O. The highest BCUT2D eigenvalue weighted by Gasteiger charge is 2.29. The number of carbonyl (C=O) groups excluding carboxylic acids is 1. The average molecular weight is 408 g/mol. The Morgan fingerprint density at radius 2 is 1.67 bits per heavy atom. The van der Waals surface area contributed by atoms with E-state index in [1.54, 1.807) is 0 Å². The molecule has 0 radical (unpaired) electrons. The van der Waals surface area contributed by atoms with Crippen LogP contribution in [0.3, 0.4) is 0 Å². The fraction of sp³-hybridized carbons (Fsp3) is 0.360. The van der Waals surface area contributed by atoms with Crippen LogP contribution in [0.15, 0.2) is 60.7 Å². The zero-order valence-electron chi connectivity index (χ0n) is 17.3. The van der Waals surface area contributed by atoms with E-state index in [1.165, 1.54) is 0 Å². The minimum absolute atomic E-state index is 0.0435. The summed E-state index contributed by atoms with van der Waals surface area (Å²) in [6.45, 7) is 2.16. The number of unbranched alkanes of at least 4 members (excludes halogenated alkanes) is 3. The Bertz CT molecular complexity index is 860. The molecular formula is C25H29NO4. The van der Waals surface area contributed by atoms with E-state index >= 15 is 0 Å². The van der Waals surface area contributed by atoms with E-state index in [9.17, 15) is 14.7 Å². The van der Waals surface area contributed by atoms with Gasteiger partial charge in [0, 0.05) is 5.92 Å². The van der Waals surface area contributed by atoms with Crippen LogP contribution in [0.25, 0.3) is 11.1 Å². The summed E-state index contributed by atoms with van der Waals surface area (Å²) >= 11 is 0. The van der Waals surface area contributed by atoms with Gasteiger partial charge in [-0.1, -0.05) is 73.5 Å². The lowest BCUT2D eigenvalue weighted by atomic mass is 9.98. The molecule has 2 N–H and O–H groups in total. The molecule has 1 amide bonds. The number of carbonyl (C=O) groups is 2. The number of amides is 1. The van der Waals surface area contributed by atoms with Crippen molar-refractivity contribution in [2.45, 2.75) is 51.0 Å². The van der Waals surface area contributed by atoms with Crippen molar-refractivity contribution in [1.29, 1.82) is 0 Å². The molecule has 158 valence electrons. The molecule has 0 bridgehead atoms. The van der Waals surface area contributed by atoms with Gasteiger partial charge in [0.15, 0.2) is 0 Å². The van der Waals surface area contributed by atoms with Crippen LogP contribution in [0, 0.1) is 0 Å². The van der Waals surface area contributed by atoms with Crippen molar-refractivity contribution in [3.8, 4) is 11.1 Å². The number of nitrogens with one attached hydrogen (secondary N) is 1. The summed E-state index contributed by atoms with van der Waals surface area (Å²) in [6, 6.07) is 15.3. The maximum absolute atomic E-state index is 12.3. The van der Waals surface area contributed by atoms with E-state index in [0.717, 1.165) is 47.9 Å². The number of carboxylic acid groups (broad SMARTS) is 1. The first-order chi connectivity index (χ1) is 14.6. The van der Waals surface area contributed by atoms with Gasteiger partial charge in [-0.2, -0.15) is 0 Å². The molecule has 0 saturated carbocycles. The molecule has 5 nitrogen and oxygen atoms in total. The molecule has 1 aliphatic carbocycles. The van der Waals surface area contributed by atoms with Crippen molar-refractivity contribution in [3.63, 3.8) is 0 Å². The van der Waals surface area contributed by atoms with Crippen molar-refractivity contribution in [2.75, 3.05) is 6.61 Å². The summed E-state index contributed by atoms with van der Waals surface area (Å²) in [5.41, 5.74) is 4.57. The molecule has 0 aromatic heterocycles. The average Bonchev–Trinajstić information content (AvgIpc) is 3.07. The number of allylic oxidation sites excluding steroid dienone is 2. The van der Waals surface area contributed by atoms with Gasteiger partial charge in [-0.25, -0.2) is 9.59 Å². The van der Waals surface area contributed by atoms with E-state index in [-0.39, 0.29) is 12.5 Å². The highest BCUT2D eigenvalue weighted by molar-refractivity contribution is 5.81. The van der Waals surface area contributed by atoms with E-state index in [0.29, 0.717) is 6.42 Å². The Morgan fingerprint density at radius 1 is 1.03 bits per heavy atom. The lowest BCUT2D eigenvalue weighted by Gasteiger charge is -2.17. The fourth-order valence-electron chi connectivity index (χ4n) is 3.99. The second-order valence-corrected chi connectivity index (χ2v) is 7.57. The summed E-state index contributed by atoms with van der Waals surface area (Å²) in [4.78, 5) is 23.8. The van der Waals surface area contributed by atoms with Crippen molar-refractivity contribution in [3.05, 3.63) is 71.8 Å². The van der Waals surface area contributed by atoms with E-state index in [1.807, 2.05) is 37.3 Å². The fourth-order valence-corrected chi connectivity index (χ4v) is 3.99. The van der Waals surface area contributed by atoms with Gasteiger partial charge in [0.05, 0.1) is 0 Å². The highest BCUT2D eigenvalue weighted by atomic mass is 16.5. The molecule has 1 aliphatic rings. The minimum atomic E-state index is -1.03. The molecule has 0 saturated heterocycles. The Morgan fingerprint density at radius 3 is 2.27 bits per heavy atom. The monoisotopic (exact) mass is 407 g/mol. The van der Waals surface area contributed by atoms with Crippen LogP contribution in [0.1, 0.15) is 56.1 Å². The molecule has 0 unspecified atom stereocenters. The number of hydrogen-bond donors (Lipinski definition) is 2. The molecular weight excluding hydrogens is 378 g/mol. The highest BCUT2D eigenvalue weighted by Crippen LogP contribution is 2.44. The predicted molar refractivity (Wildman–Crippen MR) is 118 cm³/mol. The van der Waals surface area contributed by atoms with Crippen LogP contribution < -0.4 is 5.32 Å². The van der Waals surface area contributed by atoms with Crippen LogP contribution in [0.4, 0.5) is 4.79 Å². The standard InChI is InChI=1S/C25H29NO4/c1-2-3-4-5-6-7-16-23(24(27)28)26-25(29)30-17-22-20-14-10-8-12-18(20)19-13-9-11-15-21(19)22/h2-3,8-15,22-23H,4-7,16-17H2,1H3,(H,26,29)(H,27,28)/b3-2+/t23-/m0/s1. The van der Waals surface area contributed by atoms with E-state index in [4.69, 9.17) is 4.74 Å². The number of ether oxygens (including phenoxy) is 1. The van der Waals surface area contributed by atoms with Crippen molar-refractivity contribution in [2.24, 2.45) is 0 Å². The summed E-state index contributed by atoms with van der Waals surface area (Å²) in [5.74, 6) is -1.07. The van der Waals surface area contributed by atoms with Gasteiger partial charge in [0.2, 0.25) is 0 Å². The largest absolute Gasteiger partial charge is 0.480 e. The minimum Gasteiger partial charge on any atom is -0.480 e. The van der Waals surface area contributed by atoms with Crippen LogP contribution in [0.2, 0.25) is 0 Å². The molecule has 0 fully saturated rings. The third-order valence-electron chi connectivity index (χ3n) is 5.53. The molecule has 3 rings (SSSR count). The molecule has 2 aromatic carbocycles. The molecule has 0 spiro atoms. The molecule has 0 aliphatic heterocycles. The molecule has 30 heavy (non-hydrogen) atoms. The number of hydrogen-bond acceptors (Lipinski definition) is 3. The third-order valence-corrected chi connectivity index (χ3v) is 5.53. The van der Waals surface area contributed by atoms with Crippen molar-refractivity contribution >= 4 is 12.1 Å². The summed E-state index contributed by atoms with van der Waals surface area (Å²) in [7, 11) is 0. The van der Waals surface area contributed by atoms with Crippen molar-refractivity contribution < 1.29 is 19.4 Å². The van der Waals surface area contributed by atoms with Crippen LogP contribution in [0.5, 0.6) is 0 Å². The Labute approximate surface area is 177 Å². The zero-order chi connectivity index (χ0) is 21.3. The maximum atomic E-state index is 12.3. The smallest absolute Gasteiger partial charge is 0.407 e. The molecule has 2 aromatic rings. The summed E-state index contributed by atoms with van der Waals surface area (Å²) in [6.07, 6.45) is 7.52. The van der Waals surface area contributed by atoms with Gasteiger partial charge in [0.25, 0.3) is 0 Å². The molecule has 1 atom stereocenters. The Balaban J connectivity index is 1.54. The van der Waals surface area contributed by atoms with Gasteiger partial charge >= 0.3 is 12.1 Å². The third kappa shape index (κ3) is 5.29. The number of benzene rings is 2. The predicted octanol–water partition coefficient (Wildman–Crippen LogP) is 5.50. The van der Waals surface area contributed by atoms with Gasteiger partial charge in [-0.15, -0.1) is 0 Å². The Kier molecular flexibility index (Phi) is 7.66. The number of aliphatic carboxylic acids is 1. The number of rotatable bonds is 10. The van der Waals surface area contributed by atoms with Gasteiger partial charge < -0.3 is 15.2 Å². The lowest BCUT2D eigenvalue weighted by Crippen LogP contribution is -2.41. The molecule has 5 heteroatoms. The second kappa shape index (κ2) is 10.6. The van der Waals surface area contributed by atoms with E-state index < -0.39 is 18.1 Å². The topological polar surface area (TPSA) is 75.6 Å². The first kappa shape index (κ1) is 21.6. The number of carboxylic acids is 1. The molecule has 0 heterocycles. The van der Waals surface area contributed by atoms with Crippen LogP contribution in [-0.4, -0.2) is 29.8 Å². The van der Waals surface area contributed by atoms with Gasteiger partial charge in [0.1, 0.15) is 12.6 Å². The van der Waals surface area contributed by atoms with Crippen LogP contribution >= 0.6 is 0 Å². The summed E-state index contributed by atoms with van der Waals surface area (Å²) < 4.78 is 5.46. The quantitative estimate of drug-likeness (QED) is 0.402. The first-order valence-corrected chi connectivity index (χ1v) is 10.6. The second-order valence-electron chi connectivity index (χ2n) is 7.57. The first-order valence-electron chi connectivity index (χ1n) is 10.6.